The number of hydrogen-bond donors (Lipinski definition) is 1. The molecule has 6 nitrogen and oxygen atoms in total. The lowest BCUT2D eigenvalue weighted by atomic mass is 10.2. The van der Waals surface area contributed by atoms with Crippen molar-refractivity contribution >= 4 is 29.2 Å². The summed E-state index contributed by atoms with van der Waals surface area (Å²) in [4.78, 5) is 24.4. The van der Waals surface area contributed by atoms with Gasteiger partial charge in [0.2, 0.25) is 0 Å². The molecule has 0 fully saturated rings. The van der Waals surface area contributed by atoms with Crippen molar-refractivity contribution in [3.63, 3.8) is 0 Å². The number of esters is 1. The number of ether oxygens (including phenoxy) is 3. The maximum atomic E-state index is 12.3. The zero-order chi connectivity index (χ0) is 18.4. The summed E-state index contributed by atoms with van der Waals surface area (Å²) in [5.74, 6) is -0.168. The predicted octanol–water partition coefficient (Wildman–Crippen LogP) is 3.54. The quantitative estimate of drug-likeness (QED) is 0.794. The van der Waals surface area contributed by atoms with E-state index in [0.717, 1.165) is 0 Å². The summed E-state index contributed by atoms with van der Waals surface area (Å²) in [6.45, 7) is 1.48. The zero-order valence-corrected chi connectivity index (χ0v) is 14.8. The van der Waals surface area contributed by atoms with E-state index in [1.165, 1.54) is 20.1 Å². The average Bonchev–Trinajstić information content (AvgIpc) is 2.62. The van der Waals surface area contributed by atoms with Gasteiger partial charge in [-0.2, -0.15) is 0 Å². The second kappa shape index (κ2) is 8.39. The van der Waals surface area contributed by atoms with Gasteiger partial charge in [-0.3, -0.25) is 4.79 Å². The Bertz CT molecular complexity index is 761. The Morgan fingerprint density at radius 3 is 2.32 bits per heavy atom. The fraction of sp³-hybridized carbons (Fsp3) is 0.222. The first kappa shape index (κ1) is 18.6. The van der Waals surface area contributed by atoms with Crippen molar-refractivity contribution in [1.29, 1.82) is 0 Å². The maximum absolute atomic E-state index is 12.3. The van der Waals surface area contributed by atoms with Crippen LogP contribution in [0.1, 0.15) is 17.3 Å². The van der Waals surface area contributed by atoms with Crippen LogP contribution in [-0.2, 0) is 9.53 Å². The van der Waals surface area contributed by atoms with Gasteiger partial charge in [0.25, 0.3) is 5.91 Å². The zero-order valence-electron chi connectivity index (χ0n) is 14.0. The molecule has 0 heterocycles. The van der Waals surface area contributed by atoms with Gasteiger partial charge < -0.3 is 19.5 Å². The van der Waals surface area contributed by atoms with Crippen LogP contribution in [0.15, 0.2) is 42.5 Å². The molecule has 132 valence electrons. The molecule has 2 aromatic carbocycles. The molecule has 0 aliphatic rings. The molecule has 0 radical (unpaired) electrons. The van der Waals surface area contributed by atoms with Crippen LogP contribution in [0.3, 0.4) is 0 Å². The molecule has 7 heteroatoms. The van der Waals surface area contributed by atoms with Crippen molar-refractivity contribution in [3.05, 3.63) is 53.1 Å². The minimum absolute atomic E-state index is 0.152. The van der Waals surface area contributed by atoms with Gasteiger partial charge in [0, 0.05) is 10.7 Å². The Balaban J connectivity index is 2.02. The Labute approximate surface area is 150 Å². The summed E-state index contributed by atoms with van der Waals surface area (Å²) in [5.41, 5.74) is 0.716. The van der Waals surface area contributed by atoms with Crippen LogP contribution in [0.2, 0.25) is 5.02 Å². The lowest BCUT2D eigenvalue weighted by Crippen LogP contribution is -2.30. The van der Waals surface area contributed by atoms with Crippen LogP contribution < -0.4 is 14.8 Å². The number of carbonyl (C=O) groups excluding carboxylic acids is 2. The second-order valence-electron chi connectivity index (χ2n) is 5.11. The van der Waals surface area contributed by atoms with E-state index >= 15 is 0 Å². The lowest BCUT2D eigenvalue weighted by molar-refractivity contribution is -0.123. The monoisotopic (exact) mass is 363 g/mol. The lowest BCUT2D eigenvalue weighted by Gasteiger charge is -2.15. The van der Waals surface area contributed by atoms with Gasteiger partial charge in [0.15, 0.2) is 6.10 Å². The van der Waals surface area contributed by atoms with Gasteiger partial charge in [0.1, 0.15) is 17.1 Å². The first-order valence-corrected chi connectivity index (χ1v) is 7.82. The number of nitrogens with one attached hydrogen (secondary N) is 1. The maximum Gasteiger partial charge on any atom is 0.342 e. The third-order valence-electron chi connectivity index (χ3n) is 3.39. The van der Waals surface area contributed by atoms with Gasteiger partial charge in [-0.25, -0.2) is 4.79 Å². The Kier molecular flexibility index (Phi) is 6.25. The molecule has 0 aliphatic carbocycles. The van der Waals surface area contributed by atoms with E-state index in [-0.39, 0.29) is 5.56 Å². The summed E-state index contributed by atoms with van der Waals surface area (Å²) >= 11 is 5.90. The normalized spacial score (nSPS) is 11.4. The highest BCUT2D eigenvalue weighted by Gasteiger charge is 2.21. The topological polar surface area (TPSA) is 73.9 Å². The number of carbonyl (C=O) groups is 2. The van der Waals surface area contributed by atoms with Gasteiger partial charge in [-0.15, -0.1) is 0 Å². The largest absolute Gasteiger partial charge is 0.497 e. The summed E-state index contributed by atoms with van der Waals surface area (Å²) in [6.07, 6.45) is -1.00. The minimum Gasteiger partial charge on any atom is -0.497 e. The molecular weight excluding hydrogens is 346 g/mol. The van der Waals surface area contributed by atoms with Gasteiger partial charge >= 0.3 is 5.97 Å². The number of amides is 1. The summed E-state index contributed by atoms with van der Waals surface area (Å²) in [5, 5.41) is 3.02. The number of rotatable bonds is 6. The van der Waals surface area contributed by atoms with Crippen molar-refractivity contribution in [2.75, 3.05) is 19.5 Å². The standard InChI is InChI=1S/C18H18ClNO5/c1-11(17(21)20-13-5-7-14(23-2)8-6-13)25-18(22)15-10-12(19)4-9-16(15)24-3/h4-11H,1-3H3,(H,20,21). The number of methoxy groups -OCH3 is 2. The van der Waals surface area contributed by atoms with E-state index in [9.17, 15) is 9.59 Å². The van der Waals surface area contributed by atoms with Crippen LogP contribution in [0.25, 0.3) is 0 Å². The van der Waals surface area contributed by atoms with Crippen molar-refractivity contribution < 1.29 is 23.8 Å². The van der Waals surface area contributed by atoms with Gasteiger partial charge in [0.05, 0.1) is 14.2 Å². The van der Waals surface area contributed by atoms with E-state index in [1.54, 1.807) is 43.5 Å². The SMILES string of the molecule is COc1ccc(NC(=O)C(C)OC(=O)c2cc(Cl)ccc2OC)cc1. The molecule has 1 N–H and O–H groups in total. The fourth-order valence-electron chi connectivity index (χ4n) is 2.04. The summed E-state index contributed by atoms with van der Waals surface area (Å²) < 4.78 is 15.4. The fourth-order valence-corrected chi connectivity index (χ4v) is 2.21. The predicted molar refractivity (Wildman–Crippen MR) is 94.5 cm³/mol. The second-order valence-corrected chi connectivity index (χ2v) is 5.55. The van der Waals surface area contributed by atoms with E-state index in [2.05, 4.69) is 5.32 Å². The molecule has 0 aliphatic heterocycles. The Morgan fingerprint density at radius 1 is 1.04 bits per heavy atom. The van der Waals surface area contributed by atoms with Crippen LogP contribution in [0.5, 0.6) is 11.5 Å². The Morgan fingerprint density at radius 2 is 1.72 bits per heavy atom. The molecule has 25 heavy (non-hydrogen) atoms. The number of halogens is 1. The molecular formula is C18H18ClNO5. The van der Waals surface area contributed by atoms with Crippen LogP contribution >= 0.6 is 11.6 Å². The number of hydrogen-bond acceptors (Lipinski definition) is 5. The van der Waals surface area contributed by atoms with Crippen molar-refractivity contribution in [3.8, 4) is 11.5 Å². The molecule has 0 aromatic heterocycles. The van der Waals surface area contributed by atoms with Crippen LogP contribution in [-0.4, -0.2) is 32.2 Å². The van der Waals surface area contributed by atoms with Crippen molar-refractivity contribution in [1.82, 2.24) is 0 Å². The van der Waals surface area contributed by atoms with Crippen molar-refractivity contribution in [2.45, 2.75) is 13.0 Å². The third kappa shape index (κ3) is 4.87. The summed E-state index contributed by atoms with van der Waals surface area (Å²) in [7, 11) is 2.99. The molecule has 0 spiro atoms. The molecule has 2 rings (SSSR count). The first-order valence-electron chi connectivity index (χ1n) is 7.44. The van der Waals surface area contributed by atoms with Crippen LogP contribution in [0, 0.1) is 0 Å². The van der Waals surface area contributed by atoms with Gasteiger partial charge in [-0.1, -0.05) is 11.6 Å². The number of anilines is 1. The molecule has 0 bridgehead atoms. The molecule has 1 atom stereocenters. The van der Waals surface area contributed by atoms with E-state index in [1.807, 2.05) is 0 Å². The molecule has 1 amide bonds. The highest BCUT2D eigenvalue weighted by Crippen LogP contribution is 2.24. The van der Waals surface area contributed by atoms with E-state index in [4.69, 9.17) is 25.8 Å². The third-order valence-corrected chi connectivity index (χ3v) is 3.63. The molecule has 2 aromatic rings. The van der Waals surface area contributed by atoms with Crippen molar-refractivity contribution in [2.24, 2.45) is 0 Å². The Hall–Kier alpha value is -2.73. The van der Waals surface area contributed by atoms with E-state index in [0.29, 0.717) is 22.2 Å². The highest BCUT2D eigenvalue weighted by molar-refractivity contribution is 6.31. The number of benzene rings is 2. The van der Waals surface area contributed by atoms with Crippen LogP contribution in [0.4, 0.5) is 5.69 Å². The van der Waals surface area contributed by atoms with E-state index < -0.39 is 18.0 Å². The smallest absolute Gasteiger partial charge is 0.342 e. The minimum atomic E-state index is -1.00. The molecule has 0 saturated carbocycles. The first-order chi connectivity index (χ1) is 11.9. The highest BCUT2D eigenvalue weighted by atomic mass is 35.5. The van der Waals surface area contributed by atoms with Gasteiger partial charge in [-0.05, 0) is 49.4 Å². The average molecular weight is 364 g/mol. The molecule has 1 unspecified atom stereocenters. The summed E-state index contributed by atoms with van der Waals surface area (Å²) in [6, 6.07) is 11.4. The molecule has 0 saturated heterocycles.